The Balaban J connectivity index is 1.45. The highest BCUT2D eigenvalue weighted by Crippen LogP contribution is 2.23. The topological polar surface area (TPSA) is 128 Å². The van der Waals surface area contributed by atoms with Crippen molar-refractivity contribution in [2.75, 3.05) is 32.7 Å². The number of carbonyl (C=O) groups is 1. The maximum absolute atomic E-state index is 13.7. The van der Waals surface area contributed by atoms with Crippen molar-refractivity contribution < 1.29 is 22.7 Å². The van der Waals surface area contributed by atoms with Gasteiger partial charge in [-0.15, -0.1) is 6.58 Å². The summed E-state index contributed by atoms with van der Waals surface area (Å²) in [7, 11) is -3.70. The van der Waals surface area contributed by atoms with Crippen LogP contribution in [0.2, 0.25) is 0 Å². The molecule has 11 heteroatoms. The number of primary sulfonamides is 1. The van der Waals surface area contributed by atoms with E-state index in [0.29, 0.717) is 31.6 Å². The van der Waals surface area contributed by atoms with Crippen LogP contribution in [-0.2, 0) is 27.8 Å². The fraction of sp³-hybridized carbons (Fsp3) is 0.304. The molecule has 1 saturated heterocycles. The summed E-state index contributed by atoms with van der Waals surface area (Å²) in [6.45, 7) is 7.26. The normalized spacial score (nSPS) is 15.5. The molecule has 34 heavy (non-hydrogen) atoms. The van der Waals surface area contributed by atoms with Gasteiger partial charge in [0, 0.05) is 43.9 Å². The van der Waals surface area contributed by atoms with Gasteiger partial charge < -0.3 is 5.11 Å². The maximum Gasteiger partial charge on any atom is 0.254 e. The number of piperazine rings is 1. The predicted molar refractivity (Wildman–Crippen MR) is 127 cm³/mol. The van der Waals surface area contributed by atoms with Crippen molar-refractivity contribution >= 4 is 22.1 Å². The average Bonchev–Trinajstić information content (AvgIpc) is 2.78. The number of benzene rings is 2. The largest absolute Gasteiger partial charge is 0.507 e. The third-order valence-corrected chi connectivity index (χ3v) is 6.36. The van der Waals surface area contributed by atoms with Crippen LogP contribution in [0.25, 0.3) is 0 Å². The third kappa shape index (κ3) is 7.19. The first-order valence-corrected chi connectivity index (χ1v) is 12.2. The molecule has 0 aliphatic carbocycles. The molecular formula is C23H28FN5O4S. The predicted octanol–water partition coefficient (Wildman–Crippen LogP) is 1.18. The molecule has 9 nitrogen and oxygen atoms in total. The zero-order valence-electron chi connectivity index (χ0n) is 18.7. The number of nitrogens with one attached hydrogen (secondary N) is 1. The molecule has 0 aromatic heterocycles. The van der Waals surface area contributed by atoms with Crippen LogP contribution in [-0.4, -0.2) is 68.2 Å². The van der Waals surface area contributed by atoms with Gasteiger partial charge in [0.25, 0.3) is 5.91 Å². The summed E-state index contributed by atoms with van der Waals surface area (Å²) < 4.78 is 36.4. The number of phenolic OH excluding ortho intramolecular Hbond substituents is 1. The Bertz CT molecular complexity index is 1160. The molecule has 0 atom stereocenters. The zero-order valence-corrected chi connectivity index (χ0v) is 19.5. The van der Waals surface area contributed by atoms with E-state index in [1.54, 1.807) is 18.2 Å². The van der Waals surface area contributed by atoms with Crippen LogP contribution >= 0.6 is 0 Å². The Hall–Kier alpha value is -3.12. The van der Waals surface area contributed by atoms with Crippen molar-refractivity contribution in [2.24, 2.45) is 10.2 Å². The Kier molecular flexibility index (Phi) is 8.51. The number of hydrogen-bond acceptors (Lipinski definition) is 7. The van der Waals surface area contributed by atoms with Gasteiger partial charge >= 0.3 is 0 Å². The lowest BCUT2D eigenvalue weighted by Gasteiger charge is -2.34. The highest BCUT2D eigenvalue weighted by molar-refractivity contribution is 7.89. The number of allylic oxidation sites excluding steroid dienone is 1. The highest BCUT2D eigenvalue weighted by Gasteiger charge is 2.19. The minimum absolute atomic E-state index is 0.0829. The number of rotatable bonds is 9. The highest BCUT2D eigenvalue weighted by atomic mass is 32.2. The van der Waals surface area contributed by atoms with Gasteiger partial charge in [-0.05, 0) is 36.2 Å². The van der Waals surface area contributed by atoms with E-state index >= 15 is 0 Å². The average molecular weight is 490 g/mol. The van der Waals surface area contributed by atoms with E-state index in [4.69, 9.17) is 5.14 Å². The van der Waals surface area contributed by atoms with Crippen LogP contribution in [0.5, 0.6) is 5.75 Å². The molecule has 3 rings (SSSR count). The summed E-state index contributed by atoms with van der Waals surface area (Å²) >= 11 is 0. The molecular weight excluding hydrogens is 461 g/mol. The van der Waals surface area contributed by atoms with E-state index < -0.39 is 15.8 Å². The molecule has 1 aliphatic rings. The molecule has 1 aliphatic heterocycles. The summed E-state index contributed by atoms with van der Waals surface area (Å²) in [6, 6.07) is 8.85. The Morgan fingerprint density at radius 2 is 1.82 bits per heavy atom. The second kappa shape index (κ2) is 11.3. The minimum atomic E-state index is -3.70. The molecule has 0 unspecified atom stereocenters. The van der Waals surface area contributed by atoms with Gasteiger partial charge in [0.05, 0.1) is 17.7 Å². The first kappa shape index (κ1) is 25.5. The van der Waals surface area contributed by atoms with E-state index in [0.717, 1.165) is 24.7 Å². The number of phenols is 1. The number of amides is 1. The first-order chi connectivity index (χ1) is 16.2. The third-order valence-electron chi connectivity index (χ3n) is 5.43. The van der Waals surface area contributed by atoms with Crippen molar-refractivity contribution in [3.05, 3.63) is 71.6 Å². The smallest absolute Gasteiger partial charge is 0.254 e. The summed E-state index contributed by atoms with van der Waals surface area (Å²) in [5.74, 6) is -0.930. The van der Waals surface area contributed by atoms with Crippen LogP contribution in [0.1, 0.15) is 16.7 Å². The second-order valence-electron chi connectivity index (χ2n) is 8.03. The van der Waals surface area contributed by atoms with Crippen LogP contribution < -0.4 is 10.6 Å². The quantitative estimate of drug-likeness (QED) is 0.276. The maximum atomic E-state index is 13.7. The van der Waals surface area contributed by atoms with Crippen molar-refractivity contribution in [3.8, 4) is 5.75 Å². The lowest BCUT2D eigenvalue weighted by molar-refractivity contribution is -0.122. The molecule has 2 aromatic rings. The van der Waals surface area contributed by atoms with Gasteiger partial charge in [-0.3, -0.25) is 14.6 Å². The summed E-state index contributed by atoms with van der Waals surface area (Å²) in [6.07, 6.45) is 3.08. The molecule has 1 fully saturated rings. The Morgan fingerprint density at radius 3 is 2.44 bits per heavy atom. The number of nitrogens with two attached hydrogens (primary N) is 1. The lowest BCUT2D eigenvalue weighted by atomic mass is 10.1. The van der Waals surface area contributed by atoms with Crippen LogP contribution in [0.4, 0.5) is 4.39 Å². The molecule has 0 saturated carbocycles. The number of sulfonamides is 1. The summed E-state index contributed by atoms with van der Waals surface area (Å²) in [5, 5.41) is 19.1. The monoisotopic (exact) mass is 489 g/mol. The van der Waals surface area contributed by atoms with Crippen molar-refractivity contribution in [2.45, 2.75) is 17.9 Å². The van der Waals surface area contributed by atoms with Gasteiger partial charge in [-0.2, -0.15) is 5.10 Å². The summed E-state index contributed by atoms with van der Waals surface area (Å²) in [4.78, 5) is 16.5. The lowest BCUT2D eigenvalue weighted by Crippen LogP contribution is -2.48. The number of carbonyl (C=O) groups excluding carboxylic acids is 1. The van der Waals surface area contributed by atoms with Gasteiger partial charge in [0.2, 0.25) is 10.0 Å². The van der Waals surface area contributed by atoms with Gasteiger partial charge in [-0.25, -0.2) is 23.4 Å². The Morgan fingerprint density at radius 1 is 1.18 bits per heavy atom. The molecule has 0 radical (unpaired) electrons. The molecule has 0 bridgehead atoms. The van der Waals surface area contributed by atoms with Gasteiger partial charge in [-0.1, -0.05) is 18.2 Å². The number of halogens is 1. The number of aromatic hydroxyl groups is 1. The van der Waals surface area contributed by atoms with E-state index in [1.807, 2.05) is 4.90 Å². The summed E-state index contributed by atoms with van der Waals surface area (Å²) in [5.41, 5.74) is 3.94. The standard InChI is InChI=1S/C23H28FN5O4S/c1-2-3-18-12-20(24)13-19(23(18)31)14-26-27-22(30)16-29-10-8-28(9-11-29)15-17-4-6-21(7-5-17)34(25,32)33/h2,4-7,12-14,31H,1,3,8-11,15-16H2,(H,27,30)(H2,25,32,33)/b26-14+. The van der Waals surface area contributed by atoms with Crippen molar-refractivity contribution in [3.63, 3.8) is 0 Å². The second-order valence-corrected chi connectivity index (χ2v) is 9.59. The number of nitrogens with zero attached hydrogens (tertiary/aromatic N) is 3. The molecule has 1 amide bonds. The zero-order chi connectivity index (χ0) is 24.7. The van der Waals surface area contributed by atoms with E-state index in [1.165, 1.54) is 24.4 Å². The molecule has 0 spiro atoms. The van der Waals surface area contributed by atoms with Crippen LogP contribution in [0.3, 0.4) is 0 Å². The van der Waals surface area contributed by atoms with Gasteiger partial charge in [0.1, 0.15) is 11.6 Å². The van der Waals surface area contributed by atoms with E-state index in [9.17, 15) is 22.7 Å². The molecule has 4 N–H and O–H groups in total. The number of hydrogen-bond donors (Lipinski definition) is 3. The van der Waals surface area contributed by atoms with Crippen LogP contribution in [0, 0.1) is 5.82 Å². The number of hydrazone groups is 1. The minimum Gasteiger partial charge on any atom is -0.507 e. The van der Waals surface area contributed by atoms with E-state index in [-0.39, 0.29) is 28.7 Å². The molecule has 1 heterocycles. The fourth-order valence-electron chi connectivity index (χ4n) is 3.65. The first-order valence-electron chi connectivity index (χ1n) is 10.7. The SMILES string of the molecule is C=CCc1cc(F)cc(/C=N/NC(=O)CN2CCN(Cc3ccc(S(N)(=O)=O)cc3)CC2)c1O. The van der Waals surface area contributed by atoms with Gasteiger partial charge in [0.15, 0.2) is 0 Å². The molecule has 182 valence electrons. The van der Waals surface area contributed by atoms with Crippen LogP contribution in [0.15, 0.2) is 59.1 Å². The Labute approximate surface area is 198 Å². The van der Waals surface area contributed by atoms with E-state index in [2.05, 4.69) is 22.0 Å². The van der Waals surface area contributed by atoms with Crippen molar-refractivity contribution in [1.82, 2.24) is 15.2 Å². The molecule has 2 aromatic carbocycles. The van der Waals surface area contributed by atoms with Crippen molar-refractivity contribution in [1.29, 1.82) is 0 Å². The fourth-order valence-corrected chi connectivity index (χ4v) is 4.16.